The van der Waals surface area contributed by atoms with Crippen LogP contribution in [0.5, 0.6) is 0 Å². The highest BCUT2D eigenvalue weighted by molar-refractivity contribution is 5.01. The van der Waals surface area contributed by atoms with Gasteiger partial charge in [-0.25, -0.2) is 0 Å². The van der Waals surface area contributed by atoms with E-state index in [0.717, 1.165) is 32.4 Å². The summed E-state index contributed by atoms with van der Waals surface area (Å²) in [7, 11) is 1.78. The summed E-state index contributed by atoms with van der Waals surface area (Å²) in [5, 5.41) is 3.44. The molecule has 1 atom stereocenters. The van der Waals surface area contributed by atoms with Crippen molar-refractivity contribution < 1.29 is 9.47 Å². The fraction of sp³-hybridized carbons (Fsp3) is 1.00. The zero-order valence-corrected chi connectivity index (χ0v) is 8.51. The quantitative estimate of drug-likeness (QED) is 0.694. The Kier molecular flexibility index (Phi) is 2.58. The Hall–Kier alpha value is -0.120. The third kappa shape index (κ3) is 1.73. The molecule has 13 heavy (non-hydrogen) atoms. The van der Waals surface area contributed by atoms with Crippen LogP contribution in [0.25, 0.3) is 0 Å². The fourth-order valence-electron chi connectivity index (χ4n) is 2.30. The van der Waals surface area contributed by atoms with Crippen LogP contribution in [-0.2, 0) is 9.47 Å². The lowest BCUT2D eigenvalue weighted by Crippen LogP contribution is -2.62. The number of hydrogen-bond donors (Lipinski definition) is 1. The van der Waals surface area contributed by atoms with Gasteiger partial charge in [-0.2, -0.15) is 0 Å². The predicted octanol–water partition coefficient (Wildman–Crippen LogP) is 0.932. The van der Waals surface area contributed by atoms with E-state index in [2.05, 4.69) is 12.2 Å². The maximum absolute atomic E-state index is 6.05. The van der Waals surface area contributed by atoms with Crippen LogP contribution < -0.4 is 5.32 Å². The molecule has 1 aliphatic carbocycles. The van der Waals surface area contributed by atoms with Gasteiger partial charge < -0.3 is 14.8 Å². The van der Waals surface area contributed by atoms with Crippen LogP contribution in [0, 0.1) is 0 Å². The summed E-state index contributed by atoms with van der Waals surface area (Å²) in [5.41, 5.74) is 0.111. The molecule has 1 saturated heterocycles. The predicted molar refractivity (Wildman–Crippen MR) is 50.8 cm³/mol. The van der Waals surface area contributed by atoms with Gasteiger partial charge in [0.2, 0.25) is 0 Å². The minimum Gasteiger partial charge on any atom is -0.381 e. The molecule has 2 aliphatic rings. The van der Waals surface area contributed by atoms with Gasteiger partial charge >= 0.3 is 0 Å². The second-order valence-electron chi connectivity index (χ2n) is 4.23. The first-order valence-corrected chi connectivity index (χ1v) is 5.19. The van der Waals surface area contributed by atoms with E-state index in [1.807, 2.05) is 0 Å². The number of morpholine rings is 1. The van der Waals surface area contributed by atoms with E-state index in [1.54, 1.807) is 7.11 Å². The molecule has 2 rings (SSSR count). The minimum absolute atomic E-state index is 0.111. The summed E-state index contributed by atoms with van der Waals surface area (Å²) in [6.07, 6.45) is 4.07. The lowest BCUT2D eigenvalue weighted by atomic mass is 9.76. The maximum Gasteiger partial charge on any atom is 0.0860 e. The van der Waals surface area contributed by atoms with E-state index in [1.165, 1.54) is 0 Å². The molecule has 1 unspecified atom stereocenters. The van der Waals surface area contributed by atoms with Crippen molar-refractivity contribution in [1.29, 1.82) is 0 Å². The van der Waals surface area contributed by atoms with Crippen LogP contribution in [0.3, 0.4) is 0 Å². The van der Waals surface area contributed by atoms with Crippen LogP contribution >= 0.6 is 0 Å². The molecule has 3 nitrogen and oxygen atoms in total. The van der Waals surface area contributed by atoms with E-state index >= 15 is 0 Å². The van der Waals surface area contributed by atoms with Crippen LogP contribution in [0.4, 0.5) is 0 Å². The van der Waals surface area contributed by atoms with Crippen molar-refractivity contribution in [3.8, 4) is 0 Å². The first-order valence-electron chi connectivity index (χ1n) is 5.19. The van der Waals surface area contributed by atoms with Gasteiger partial charge in [-0.1, -0.05) is 6.92 Å². The third-order valence-corrected chi connectivity index (χ3v) is 3.22. The molecule has 1 heterocycles. The number of rotatable bonds is 2. The second-order valence-corrected chi connectivity index (χ2v) is 4.23. The van der Waals surface area contributed by atoms with E-state index in [9.17, 15) is 0 Å². The van der Waals surface area contributed by atoms with Gasteiger partial charge in [-0.15, -0.1) is 0 Å². The van der Waals surface area contributed by atoms with Gasteiger partial charge in [0.15, 0.2) is 0 Å². The van der Waals surface area contributed by atoms with Crippen molar-refractivity contribution in [2.24, 2.45) is 0 Å². The first-order chi connectivity index (χ1) is 6.28. The molecule has 0 aromatic carbocycles. The number of hydrogen-bond acceptors (Lipinski definition) is 3. The molecular formula is C10H19NO2. The SMILES string of the molecule is CCC1CNCC2(CC(OC)C2)O1. The van der Waals surface area contributed by atoms with Gasteiger partial charge in [0.05, 0.1) is 17.8 Å². The summed E-state index contributed by atoms with van der Waals surface area (Å²) >= 11 is 0. The molecule has 1 spiro atoms. The average Bonchev–Trinajstić information content (AvgIpc) is 2.14. The summed E-state index contributed by atoms with van der Waals surface area (Å²) in [4.78, 5) is 0. The molecule has 0 amide bonds. The summed E-state index contributed by atoms with van der Waals surface area (Å²) in [6, 6.07) is 0. The van der Waals surface area contributed by atoms with E-state index in [-0.39, 0.29) is 5.60 Å². The molecule has 2 fully saturated rings. The van der Waals surface area contributed by atoms with Crippen molar-refractivity contribution >= 4 is 0 Å². The molecular weight excluding hydrogens is 166 g/mol. The molecule has 0 bridgehead atoms. The lowest BCUT2D eigenvalue weighted by Gasteiger charge is -2.51. The Bertz CT molecular complexity index is 178. The Morgan fingerprint density at radius 3 is 2.92 bits per heavy atom. The van der Waals surface area contributed by atoms with Crippen LogP contribution in [0.1, 0.15) is 26.2 Å². The molecule has 1 N–H and O–H groups in total. The van der Waals surface area contributed by atoms with Crippen molar-refractivity contribution in [3.63, 3.8) is 0 Å². The van der Waals surface area contributed by atoms with Crippen molar-refractivity contribution in [2.45, 2.75) is 44.0 Å². The number of nitrogens with one attached hydrogen (secondary N) is 1. The Labute approximate surface area is 79.8 Å². The van der Waals surface area contributed by atoms with Gasteiger partial charge in [-0.3, -0.25) is 0 Å². The van der Waals surface area contributed by atoms with Gasteiger partial charge in [0.1, 0.15) is 0 Å². The molecule has 3 heteroatoms. The smallest absolute Gasteiger partial charge is 0.0860 e. The van der Waals surface area contributed by atoms with Gasteiger partial charge in [-0.05, 0) is 6.42 Å². The van der Waals surface area contributed by atoms with E-state index < -0.39 is 0 Å². The number of ether oxygens (including phenoxy) is 2. The Morgan fingerprint density at radius 2 is 2.31 bits per heavy atom. The summed E-state index contributed by atoms with van der Waals surface area (Å²) in [6.45, 7) is 4.19. The van der Waals surface area contributed by atoms with Crippen molar-refractivity contribution in [3.05, 3.63) is 0 Å². The molecule has 76 valence electrons. The highest BCUT2D eigenvalue weighted by Gasteiger charge is 2.48. The number of methoxy groups -OCH3 is 1. The molecule has 1 saturated carbocycles. The Morgan fingerprint density at radius 1 is 1.54 bits per heavy atom. The summed E-state index contributed by atoms with van der Waals surface area (Å²) < 4.78 is 11.3. The molecule has 0 aromatic heterocycles. The second kappa shape index (κ2) is 3.56. The highest BCUT2D eigenvalue weighted by atomic mass is 16.5. The molecule has 1 aliphatic heterocycles. The van der Waals surface area contributed by atoms with Crippen LogP contribution in [0.15, 0.2) is 0 Å². The third-order valence-electron chi connectivity index (χ3n) is 3.22. The zero-order valence-electron chi connectivity index (χ0n) is 8.51. The lowest BCUT2D eigenvalue weighted by molar-refractivity contribution is -0.202. The van der Waals surface area contributed by atoms with Crippen molar-refractivity contribution in [1.82, 2.24) is 5.32 Å². The minimum atomic E-state index is 0.111. The van der Waals surface area contributed by atoms with Crippen LogP contribution in [-0.4, -0.2) is 38.0 Å². The van der Waals surface area contributed by atoms with Gasteiger partial charge in [0.25, 0.3) is 0 Å². The van der Waals surface area contributed by atoms with E-state index in [0.29, 0.717) is 12.2 Å². The normalized spacial score (nSPS) is 44.8. The summed E-state index contributed by atoms with van der Waals surface area (Å²) in [5.74, 6) is 0. The maximum atomic E-state index is 6.05. The molecule has 0 aromatic rings. The largest absolute Gasteiger partial charge is 0.381 e. The van der Waals surface area contributed by atoms with Crippen molar-refractivity contribution in [2.75, 3.05) is 20.2 Å². The first kappa shape index (κ1) is 9.44. The van der Waals surface area contributed by atoms with Crippen LogP contribution in [0.2, 0.25) is 0 Å². The molecule has 0 radical (unpaired) electrons. The van der Waals surface area contributed by atoms with Gasteiger partial charge in [0, 0.05) is 33.0 Å². The highest BCUT2D eigenvalue weighted by Crippen LogP contribution is 2.39. The zero-order chi connectivity index (χ0) is 9.31. The topological polar surface area (TPSA) is 30.5 Å². The standard InChI is InChI=1S/C10H19NO2/c1-3-8-6-11-7-10(13-8)4-9(5-10)12-2/h8-9,11H,3-7H2,1-2H3. The monoisotopic (exact) mass is 185 g/mol. The average molecular weight is 185 g/mol. The van der Waals surface area contributed by atoms with E-state index in [4.69, 9.17) is 9.47 Å². The fourth-order valence-corrected chi connectivity index (χ4v) is 2.30. The Balaban J connectivity index is 1.86.